The van der Waals surface area contributed by atoms with Crippen molar-refractivity contribution in [1.82, 2.24) is 4.98 Å². The molecule has 1 aliphatic rings. The highest BCUT2D eigenvalue weighted by molar-refractivity contribution is 7.91. The predicted molar refractivity (Wildman–Crippen MR) is 92.9 cm³/mol. The summed E-state index contributed by atoms with van der Waals surface area (Å²) in [6.07, 6.45) is 2.08. The first-order valence-corrected chi connectivity index (χ1v) is 9.39. The van der Waals surface area contributed by atoms with Crippen LogP contribution in [0, 0.1) is 0 Å². The zero-order chi connectivity index (χ0) is 16.7. The van der Waals surface area contributed by atoms with Gasteiger partial charge in [0.1, 0.15) is 0 Å². The first-order chi connectivity index (χ1) is 11.6. The van der Waals surface area contributed by atoms with E-state index >= 15 is 0 Å². The third-order valence-corrected chi connectivity index (χ3v) is 6.13. The SMILES string of the molecule is O=C(Cc1c[nH]c2ccccc12)N1CCS(=O)(=O)c2ccccc21. The van der Waals surface area contributed by atoms with Crippen LogP contribution in [0.3, 0.4) is 0 Å². The quantitative estimate of drug-likeness (QED) is 0.779. The second kappa shape index (κ2) is 5.49. The third kappa shape index (κ3) is 2.39. The topological polar surface area (TPSA) is 70.2 Å². The number of fused-ring (bicyclic) bond motifs is 2. The van der Waals surface area contributed by atoms with Gasteiger partial charge in [0.15, 0.2) is 9.84 Å². The average molecular weight is 340 g/mol. The van der Waals surface area contributed by atoms with Crippen molar-refractivity contribution in [3.63, 3.8) is 0 Å². The minimum absolute atomic E-state index is 0.0381. The van der Waals surface area contributed by atoms with Gasteiger partial charge in [-0.2, -0.15) is 0 Å². The molecule has 24 heavy (non-hydrogen) atoms. The number of sulfone groups is 1. The molecule has 0 unspecified atom stereocenters. The van der Waals surface area contributed by atoms with Crippen LogP contribution >= 0.6 is 0 Å². The molecule has 3 aromatic rings. The summed E-state index contributed by atoms with van der Waals surface area (Å²) >= 11 is 0. The zero-order valence-electron chi connectivity index (χ0n) is 12.9. The van der Waals surface area contributed by atoms with Crippen molar-refractivity contribution < 1.29 is 13.2 Å². The molecule has 0 saturated carbocycles. The van der Waals surface area contributed by atoms with E-state index in [0.29, 0.717) is 5.69 Å². The van der Waals surface area contributed by atoms with Crippen LogP contribution < -0.4 is 4.90 Å². The Morgan fingerprint density at radius 3 is 2.71 bits per heavy atom. The largest absolute Gasteiger partial charge is 0.361 e. The molecule has 1 amide bonds. The lowest BCUT2D eigenvalue weighted by molar-refractivity contribution is -0.117. The molecule has 0 atom stereocenters. The number of para-hydroxylation sites is 2. The predicted octanol–water partition coefficient (Wildman–Crippen LogP) is 2.53. The van der Waals surface area contributed by atoms with Crippen molar-refractivity contribution >= 4 is 32.3 Å². The smallest absolute Gasteiger partial charge is 0.231 e. The number of anilines is 1. The summed E-state index contributed by atoms with van der Waals surface area (Å²) in [6.45, 7) is 0.195. The molecule has 1 N–H and O–H groups in total. The molecule has 1 aliphatic heterocycles. The van der Waals surface area contributed by atoms with E-state index in [-0.39, 0.29) is 29.5 Å². The molecule has 6 heteroatoms. The molecular formula is C18H16N2O3S. The van der Waals surface area contributed by atoms with Crippen LogP contribution in [0.1, 0.15) is 5.56 Å². The number of nitrogens with one attached hydrogen (secondary N) is 1. The van der Waals surface area contributed by atoms with E-state index in [1.165, 1.54) is 0 Å². The Kier molecular flexibility index (Phi) is 3.42. The molecule has 1 aromatic heterocycles. The van der Waals surface area contributed by atoms with Crippen LogP contribution in [0.4, 0.5) is 5.69 Å². The lowest BCUT2D eigenvalue weighted by Crippen LogP contribution is -2.40. The third-order valence-electron chi connectivity index (χ3n) is 4.39. The van der Waals surface area contributed by atoms with Gasteiger partial charge in [-0.05, 0) is 23.8 Å². The summed E-state index contributed by atoms with van der Waals surface area (Å²) in [5.74, 6) is -0.133. The van der Waals surface area contributed by atoms with Crippen LogP contribution in [0.15, 0.2) is 59.6 Å². The number of nitrogens with zero attached hydrogens (tertiary/aromatic N) is 1. The van der Waals surface area contributed by atoms with Crippen molar-refractivity contribution in [1.29, 1.82) is 0 Å². The Hall–Kier alpha value is -2.60. The number of amides is 1. The minimum atomic E-state index is -3.31. The van der Waals surface area contributed by atoms with Gasteiger partial charge in [0.05, 0.1) is 22.8 Å². The molecule has 0 saturated heterocycles. The summed E-state index contributed by atoms with van der Waals surface area (Å²) in [5.41, 5.74) is 2.39. The van der Waals surface area contributed by atoms with E-state index in [9.17, 15) is 13.2 Å². The van der Waals surface area contributed by atoms with Gasteiger partial charge in [-0.25, -0.2) is 8.42 Å². The fourth-order valence-electron chi connectivity index (χ4n) is 3.18. The number of rotatable bonds is 2. The Labute approximate surface area is 139 Å². The van der Waals surface area contributed by atoms with Crippen LogP contribution in [0.5, 0.6) is 0 Å². The molecule has 0 aliphatic carbocycles. The number of aromatic amines is 1. The number of carbonyl (C=O) groups is 1. The van der Waals surface area contributed by atoms with Crippen LogP contribution in [-0.4, -0.2) is 31.6 Å². The van der Waals surface area contributed by atoms with Gasteiger partial charge in [-0.1, -0.05) is 30.3 Å². The summed E-state index contributed by atoms with van der Waals surface area (Å²) in [7, 11) is -3.31. The minimum Gasteiger partial charge on any atom is -0.361 e. The lowest BCUT2D eigenvalue weighted by atomic mass is 10.1. The normalized spacial score (nSPS) is 16.1. The number of carbonyl (C=O) groups excluding carboxylic acids is 1. The molecule has 122 valence electrons. The fourth-order valence-corrected chi connectivity index (χ4v) is 4.61. The molecule has 5 nitrogen and oxygen atoms in total. The van der Waals surface area contributed by atoms with Crippen molar-refractivity contribution in [2.45, 2.75) is 11.3 Å². The van der Waals surface area contributed by atoms with Gasteiger partial charge < -0.3 is 9.88 Å². The summed E-state index contributed by atoms with van der Waals surface area (Å²) in [6, 6.07) is 14.5. The van der Waals surface area contributed by atoms with E-state index in [4.69, 9.17) is 0 Å². The molecule has 2 aromatic carbocycles. The van der Waals surface area contributed by atoms with Gasteiger partial charge in [0.25, 0.3) is 0 Å². The first kappa shape index (κ1) is 15.0. The maximum Gasteiger partial charge on any atom is 0.231 e. The number of H-pyrrole nitrogens is 1. The maximum atomic E-state index is 12.8. The summed E-state index contributed by atoms with van der Waals surface area (Å²) in [5, 5.41) is 1.02. The Bertz CT molecular complexity index is 1040. The van der Waals surface area contributed by atoms with Crippen molar-refractivity contribution in [2.75, 3.05) is 17.2 Å². The van der Waals surface area contributed by atoms with Gasteiger partial charge in [-0.3, -0.25) is 4.79 Å². The first-order valence-electron chi connectivity index (χ1n) is 7.73. The fraction of sp³-hybridized carbons (Fsp3) is 0.167. The van der Waals surface area contributed by atoms with E-state index in [2.05, 4.69) is 4.98 Å². The number of benzene rings is 2. The highest BCUT2D eigenvalue weighted by Crippen LogP contribution is 2.31. The van der Waals surface area contributed by atoms with Gasteiger partial charge in [-0.15, -0.1) is 0 Å². The number of hydrogen-bond acceptors (Lipinski definition) is 3. The Balaban J connectivity index is 1.68. The standard InChI is InChI=1S/C18H16N2O3S/c21-18(11-13-12-19-15-6-2-1-5-14(13)15)20-9-10-24(22,23)17-8-4-3-7-16(17)20/h1-8,12,19H,9-11H2. The second-order valence-corrected chi connectivity index (χ2v) is 7.95. The van der Waals surface area contributed by atoms with E-state index < -0.39 is 9.84 Å². The Morgan fingerprint density at radius 1 is 1.08 bits per heavy atom. The number of hydrogen-bond donors (Lipinski definition) is 1. The van der Waals surface area contributed by atoms with Crippen molar-refractivity contribution in [2.24, 2.45) is 0 Å². The molecule has 0 fully saturated rings. The molecule has 0 spiro atoms. The average Bonchev–Trinajstić information content (AvgIpc) is 2.98. The summed E-state index contributed by atoms with van der Waals surface area (Å²) < 4.78 is 24.4. The molecule has 4 rings (SSSR count). The highest BCUT2D eigenvalue weighted by Gasteiger charge is 2.31. The molecule has 0 radical (unpaired) electrons. The molecular weight excluding hydrogens is 324 g/mol. The summed E-state index contributed by atoms with van der Waals surface area (Å²) in [4.78, 5) is 17.8. The molecule has 0 bridgehead atoms. The van der Waals surface area contributed by atoms with Crippen LogP contribution in [0.2, 0.25) is 0 Å². The van der Waals surface area contributed by atoms with Crippen molar-refractivity contribution in [3.8, 4) is 0 Å². The lowest BCUT2D eigenvalue weighted by Gasteiger charge is -2.29. The van der Waals surface area contributed by atoms with Crippen LogP contribution in [-0.2, 0) is 21.1 Å². The molecule has 2 heterocycles. The van der Waals surface area contributed by atoms with Crippen LogP contribution in [0.25, 0.3) is 10.9 Å². The van der Waals surface area contributed by atoms with E-state index in [0.717, 1.165) is 16.5 Å². The monoisotopic (exact) mass is 340 g/mol. The zero-order valence-corrected chi connectivity index (χ0v) is 13.7. The van der Waals surface area contributed by atoms with Gasteiger partial charge in [0, 0.05) is 23.6 Å². The number of aromatic nitrogens is 1. The van der Waals surface area contributed by atoms with E-state index in [1.54, 1.807) is 29.2 Å². The second-order valence-electron chi connectivity index (χ2n) is 5.87. The van der Waals surface area contributed by atoms with E-state index in [1.807, 2.05) is 30.5 Å². The van der Waals surface area contributed by atoms with Gasteiger partial charge >= 0.3 is 0 Å². The highest BCUT2D eigenvalue weighted by atomic mass is 32.2. The Morgan fingerprint density at radius 2 is 1.83 bits per heavy atom. The maximum absolute atomic E-state index is 12.8. The van der Waals surface area contributed by atoms with Crippen molar-refractivity contribution in [3.05, 3.63) is 60.3 Å². The van der Waals surface area contributed by atoms with Gasteiger partial charge in [0.2, 0.25) is 5.91 Å².